The molecule has 0 fully saturated rings. The van der Waals surface area contributed by atoms with E-state index in [2.05, 4.69) is 31.3 Å². The molecule has 2 aromatic rings. The summed E-state index contributed by atoms with van der Waals surface area (Å²) >= 11 is 3.28. The van der Waals surface area contributed by atoms with Crippen LogP contribution in [0.4, 0.5) is 14.7 Å². The van der Waals surface area contributed by atoms with Crippen LogP contribution in [0, 0.1) is 0 Å². The molecule has 0 unspecified atom stereocenters. The highest BCUT2D eigenvalue weighted by Gasteiger charge is 2.26. The van der Waals surface area contributed by atoms with Gasteiger partial charge in [-0.3, -0.25) is 0 Å². The van der Waals surface area contributed by atoms with Gasteiger partial charge in [0.15, 0.2) is 5.65 Å². The number of halogens is 3. The molecule has 92 valence electrons. The minimum atomic E-state index is -2.96. The van der Waals surface area contributed by atoms with Crippen molar-refractivity contribution in [1.29, 1.82) is 0 Å². The van der Waals surface area contributed by atoms with E-state index < -0.39 is 19.0 Å². The number of hydrogen-bond donors (Lipinski definition) is 2. The largest absolute Gasteiger partial charge is 0.347 e. The van der Waals surface area contributed by atoms with Gasteiger partial charge in [-0.15, -0.1) is 5.10 Å². The van der Waals surface area contributed by atoms with Crippen LogP contribution in [0.25, 0.3) is 5.65 Å². The number of rotatable bonds is 4. The summed E-state index contributed by atoms with van der Waals surface area (Å²) in [5.74, 6) is -2.81. The molecule has 0 amide bonds. The fraction of sp³-hybridized carbons (Fsp3) is 0.333. The summed E-state index contributed by atoms with van der Waals surface area (Å²) in [5.41, 5.74) is 5.50. The third-order valence-corrected chi connectivity index (χ3v) is 2.57. The summed E-state index contributed by atoms with van der Waals surface area (Å²) in [4.78, 5) is 4.04. The number of nitrogens with one attached hydrogen (secondary N) is 1. The Balaban J connectivity index is 2.15. The van der Waals surface area contributed by atoms with E-state index in [0.717, 1.165) is 4.47 Å². The molecule has 0 aliphatic carbocycles. The lowest BCUT2D eigenvalue weighted by Gasteiger charge is -2.12. The predicted octanol–water partition coefficient (Wildman–Crippen LogP) is 1.50. The Morgan fingerprint density at radius 1 is 1.47 bits per heavy atom. The Hall–Kier alpha value is -1.28. The van der Waals surface area contributed by atoms with Crippen molar-refractivity contribution in [2.45, 2.75) is 5.92 Å². The first kappa shape index (κ1) is 12.2. The topological polar surface area (TPSA) is 68.2 Å². The average Bonchev–Trinajstić information content (AvgIpc) is 2.68. The van der Waals surface area contributed by atoms with E-state index in [1.54, 1.807) is 18.3 Å². The van der Waals surface area contributed by atoms with Gasteiger partial charge < -0.3 is 11.1 Å². The molecule has 0 atom stereocenters. The van der Waals surface area contributed by atoms with Gasteiger partial charge in [0.05, 0.1) is 13.1 Å². The minimum absolute atomic E-state index is 0.149. The zero-order chi connectivity index (χ0) is 12.5. The summed E-state index contributed by atoms with van der Waals surface area (Å²) < 4.78 is 28.1. The Morgan fingerprint density at radius 3 is 2.94 bits per heavy atom. The fourth-order valence-corrected chi connectivity index (χ4v) is 1.54. The molecule has 8 heteroatoms. The third-order valence-electron chi connectivity index (χ3n) is 2.10. The van der Waals surface area contributed by atoms with Crippen molar-refractivity contribution < 1.29 is 8.78 Å². The molecule has 17 heavy (non-hydrogen) atoms. The molecular weight excluding hydrogens is 296 g/mol. The molecule has 2 heterocycles. The molecule has 5 nitrogen and oxygen atoms in total. The summed E-state index contributed by atoms with van der Waals surface area (Å²) in [5, 5.41) is 6.46. The van der Waals surface area contributed by atoms with Crippen molar-refractivity contribution in [1.82, 2.24) is 14.6 Å². The van der Waals surface area contributed by atoms with Crippen molar-refractivity contribution in [3.63, 3.8) is 0 Å². The summed E-state index contributed by atoms with van der Waals surface area (Å²) in [6.07, 6.45) is 1.69. The number of anilines is 1. The fourth-order valence-electron chi connectivity index (χ4n) is 1.21. The monoisotopic (exact) mass is 305 g/mol. The van der Waals surface area contributed by atoms with Gasteiger partial charge in [0.2, 0.25) is 5.95 Å². The lowest BCUT2D eigenvalue weighted by Crippen LogP contribution is -2.35. The SMILES string of the molecule is NCC(F)(F)CNc1nc2ccc(Br)cn2n1. The Kier molecular flexibility index (Phi) is 3.25. The van der Waals surface area contributed by atoms with Crippen LogP contribution < -0.4 is 11.1 Å². The van der Waals surface area contributed by atoms with Gasteiger partial charge in [0.1, 0.15) is 0 Å². The molecule has 0 bridgehead atoms. The molecule has 0 spiro atoms. The Bertz CT molecular complexity index is 527. The molecule has 0 aliphatic rings. The van der Waals surface area contributed by atoms with Gasteiger partial charge in [0.25, 0.3) is 5.92 Å². The molecule has 0 saturated heterocycles. The summed E-state index contributed by atoms with van der Waals surface area (Å²) in [7, 11) is 0. The van der Waals surface area contributed by atoms with E-state index in [0.29, 0.717) is 5.65 Å². The molecule has 2 aromatic heterocycles. The van der Waals surface area contributed by atoms with Crippen molar-refractivity contribution in [2.24, 2.45) is 5.73 Å². The van der Waals surface area contributed by atoms with E-state index in [-0.39, 0.29) is 5.95 Å². The van der Waals surface area contributed by atoms with Crippen LogP contribution in [0.2, 0.25) is 0 Å². The number of nitrogens with two attached hydrogens (primary N) is 1. The number of fused-ring (bicyclic) bond motifs is 1. The van der Waals surface area contributed by atoms with Crippen LogP contribution >= 0.6 is 15.9 Å². The molecular formula is C9H10BrF2N5. The number of nitrogens with zero attached hydrogens (tertiary/aromatic N) is 3. The lowest BCUT2D eigenvalue weighted by molar-refractivity contribution is 0.0252. The van der Waals surface area contributed by atoms with Crippen LogP contribution in [-0.2, 0) is 0 Å². The highest BCUT2D eigenvalue weighted by molar-refractivity contribution is 9.10. The molecule has 0 aliphatic heterocycles. The molecule has 0 saturated carbocycles. The second-order valence-electron chi connectivity index (χ2n) is 3.50. The van der Waals surface area contributed by atoms with Gasteiger partial charge >= 0.3 is 0 Å². The summed E-state index contributed by atoms with van der Waals surface area (Å²) in [6.45, 7) is -1.29. The first-order valence-electron chi connectivity index (χ1n) is 4.84. The van der Waals surface area contributed by atoms with Gasteiger partial charge in [-0.25, -0.2) is 13.3 Å². The first-order chi connectivity index (χ1) is 8.00. The average molecular weight is 306 g/mol. The maximum absolute atomic E-state index is 12.9. The Labute approximate surface area is 104 Å². The molecule has 2 rings (SSSR count). The maximum atomic E-state index is 12.9. The van der Waals surface area contributed by atoms with E-state index in [1.807, 2.05) is 0 Å². The van der Waals surface area contributed by atoms with Crippen LogP contribution in [0.5, 0.6) is 0 Å². The molecule has 0 aromatic carbocycles. The smallest absolute Gasteiger partial charge is 0.277 e. The van der Waals surface area contributed by atoms with Gasteiger partial charge in [-0.1, -0.05) is 0 Å². The normalized spacial score (nSPS) is 12.0. The van der Waals surface area contributed by atoms with Crippen molar-refractivity contribution in [3.05, 3.63) is 22.8 Å². The third kappa shape index (κ3) is 2.89. The second kappa shape index (κ2) is 4.53. The van der Waals surface area contributed by atoms with Crippen LogP contribution in [0.15, 0.2) is 22.8 Å². The lowest BCUT2D eigenvalue weighted by atomic mass is 10.3. The second-order valence-corrected chi connectivity index (χ2v) is 4.41. The summed E-state index contributed by atoms with van der Waals surface area (Å²) in [6, 6.07) is 3.52. The number of hydrogen-bond acceptors (Lipinski definition) is 4. The van der Waals surface area contributed by atoms with Crippen LogP contribution in [0.3, 0.4) is 0 Å². The van der Waals surface area contributed by atoms with Gasteiger partial charge in [-0.2, -0.15) is 4.98 Å². The molecule has 0 radical (unpaired) electrons. The standard InChI is InChI=1S/C9H10BrF2N5/c10-6-1-2-7-15-8(16-17(7)3-6)14-5-9(11,12)4-13/h1-3H,4-5,13H2,(H,14,16). The maximum Gasteiger partial charge on any atom is 0.277 e. The van der Waals surface area contributed by atoms with Gasteiger partial charge in [0, 0.05) is 10.7 Å². The van der Waals surface area contributed by atoms with Gasteiger partial charge in [-0.05, 0) is 28.1 Å². The van der Waals surface area contributed by atoms with Crippen molar-refractivity contribution >= 4 is 27.5 Å². The molecule has 3 N–H and O–H groups in total. The van der Waals surface area contributed by atoms with Crippen LogP contribution in [-0.4, -0.2) is 33.6 Å². The van der Waals surface area contributed by atoms with Crippen LogP contribution in [0.1, 0.15) is 0 Å². The first-order valence-corrected chi connectivity index (χ1v) is 5.63. The zero-order valence-corrected chi connectivity index (χ0v) is 10.3. The van der Waals surface area contributed by atoms with E-state index >= 15 is 0 Å². The van der Waals surface area contributed by atoms with E-state index in [9.17, 15) is 8.78 Å². The predicted molar refractivity (Wildman–Crippen MR) is 63.2 cm³/mol. The van der Waals surface area contributed by atoms with Crippen molar-refractivity contribution in [2.75, 3.05) is 18.4 Å². The number of aromatic nitrogens is 3. The highest BCUT2D eigenvalue weighted by Crippen LogP contribution is 2.14. The number of pyridine rings is 1. The zero-order valence-electron chi connectivity index (χ0n) is 8.70. The van der Waals surface area contributed by atoms with E-state index in [1.165, 1.54) is 4.52 Å². The highest BCUT2D eigenvalue weighted by atomic mass is 79.9. The van der Waals surface area contributed by atoms with E-state index in [4.69, 9.17) is 5.73 Å². The number of alkyl halides is 2. The van der Waals surface area contributed by atoms with Crippen molar-refractivity contribution in [3.8, 4) is 0 Å². The Morgan fingerprint density at radius 2 is 2.24 bits per heavy atom. The quantitative estimate of drug-likeness (QED) is 0.898. The minimum Gasteiger partial charge on any atom is -0.347 e.